The zero-order valence-corrected chi connectivity index (χ0v) is 11.9. The summed E-state index contributed by atoms with van der Waals surface area (Å²) in [5.41, 5.74) is 3.89. The van der Waals surface area contributed by atoms with Crippen LogP contribution in [0.15, 0.2) is 12.1 Å². The smallest absolute Gasteiger partial charge is 0.0941 e. The third kappa shape index (κ3) is 2.43. The SMILES string of the molecule is Cc1cc(C)c2sc(CC3CCNCC3)nc2c1. The number of fused-ring (bicyclic) bond motifs is 1. The number of hydrogen-bond acceptors (Lipinski definition) is 3. The summed E-state index contributed by atoms with van der Waals surface area (Å²) in [4.78, 5) is 4.83. The second-order valence-electron chi connectivity index (χ2n) is 5.44. The number of benzene rings is 1. The van der Waals surface area contributed by atoms with Gasteiger partial charge in [0.25, 0.3) is 0 Å². The highest BCUT2D eigenvalue weighted by molar-refractivity contribution is 7.18. The third-order valence-corrected chi connectivity index (χ3v) is 5.02. The average molecular weight is 260 g/mol. The summed E-state index contributed by atoms with van der Waals surface area (Å²) in [6, 6.07) is 4.47. The molecule has 1 aromatic heterocycles. The molecule has 3 heteroatoms. The van der Waals surface area contributed by atoms with Crippen molar-refractivity contribution in [2.75, 3.05) is 13.1 Å². The van der Waals surface area contributed by atoms with Gasteiger partial charge in [-0.1, -0.05) is 6.07 Å². The summed E-state index contributed by atoms with van der Waals surface area (Å²) in [5.74, 6) is 0.827. The molecule has 0 aliphatic carbocycles. The van der Waals surface area contributed by atoms with Crippen LogP contribution in [0.2, 0.25) is 0 Å². The van der Waals surface area contributed by atoms with Crippen LogP contribution >= 0.6 is 11.3 Å². The van der Waals surface area contributed by atoms with Crippen molar-refractivity contribution in [3.05, 3.63) is 28.3 Å². The quantitative estimate of drug-likeness (QED) is 0.894. The molecule has 1 saturated heterocycles. The van der Waals surface area contributed by atoms with Crippen molar-refractivity contribution < 1.29 is 0 Å². The molecule has 1 fully saturated rings. The van der Waals surface area contributed by atoms with E-state index in [9.17, 15) is 0 Å². The van der Waals surface area contributed by atoms with Crippen molar-refractivity contribution in [3.63, 3.8) is 0 Å². The zero-order valence-electron chi connectivity index (χ0n) is 11.1. The normalized spacial score (nSPS) is 17.4. The van der Waals surface area contributed by atoms with Gasteiger partial charge in [-0.3, -0.25) is 0 Å². The highest BCUT2D eigenvalue weighted by atomic mass is 32.1. The maximum Gasteiger partial charge on any atom is 0.0941 e. The molecule has 0 saturated carbocycles. The van der Waals surface area contributed by atoms with Crippen LogP contribution < -0.4 is 5.32 Å². The molecular formula is C15H20N2S. The summed E-state index contributed by atoms with van der Waals surface area (Å²) in [5, 5.41) is 4.75. The van der Waals surface area contributed by atoms with Crippen molar-refractivity contribution in [1.82, 2.24) is 10.3 Å². The highest BCUT2D eigenvalue weighted by Crippen LogP contribution is 2.29. The van der Waals surface area contributed by atoms with E-state index in [1.807, 2.05) is 11.3 Å². The second-order valence-corrected chi connectivity index (χ2v) is 6.52. The molecule has 1 aromatic carbocycles. The molecule has 1 N–H and O–H groups in total. The summed E-state index contributed by atoms with van der Waals surface area (Å²) in [6.07, 6.45) is 3.77. The van der Waals surface area contributed by atoms with Crippen LogP contribution in [0.5, 0.6) is 0 Å². The Morgan fingerprint density at radius 2 is 2.06 bits per heavy atom. The Morgan fingerprint density at radius 3 is 2.83 bits per heavy atom. The van der Waals surface area contributed by atoms with E-state index in [2.05, 4.69) is 31.3 Å². The number of thiazole rings is 1. The minimum atomic E-state index is 0.827. The molecule has 0 atom stereocenters. The van der Waals surface area contributed by atoms with Crippen LogP contribution in [-0.4, -0.2) is 18.1 Å². The van der Waals surface area contributed by atoms with E-state index in [1.165, 1.54) is 58.7 Å². The van der Waals surface area contributed by atoms with Gasteiger partial charge in [0, 0.05) is 6.42 Å². The van der Waals surface area contributed by atoms with Gasteiger partial charge in [0.1, 0.15) is 0 Å². The second kappa shape index (κ2) is 4.98. The van der Waals surface area contributed by atoms with Crippen molar-refractivity contribution in [2.24, 2.45) is 5.92 Å². The van der Waals surface area contributed by atoms with Crippen molar-refractivity contribution in [1.29, 1.82) is 0 Å². The largest absolute Gasteiger partial charge is 0.317 e. The fourth-order valence-electron chi connectivity index (χ4n) is 2.84. The van der Waals surface area contributed by atoms with Crippen molar-refractivity contribution in [2.45, 2.75) is 33.1 Å². The number of hydrogen-bond donors (Lipinski definition) is 1. The van der Waals surface area contributed by atoms with E-state index in [4.69, 9.17) is 4.98 Å². The molecule has 3 rings (SSSR count). The lowest BCUT2D eigenvalue weighted by Crippen LogP contribution is -2.28. The maximum absolute atomic E-state index is 4.83. The van der Waals surface area contributed by atoms with Gasteiger partial charge in [0.15, 0.2) is 0 Å². The molecule has 0 spiro atoms. The molecule has 2 aromatic rings. The number of piperidine rings is 1. The molecule has 18 heavy (non-hydrogen) atoms. The first-order valence-corrected chi connectivity index (χ1v) is 7.61. The number of aryl methyl sites for hydroxylation is 2. The standard InChI is InChI=1S/C15H20N2S/c1-10-7-11(2)15-13(8-10)17-14(18-15)9-12-3-5-16-6-4-12/h7-8,12,16H,3-6,9H2,1-2H3. The van der Waals surface area contributed by atoms with Gasteiger partial charge in [0.2, 0.25) is 0 Å². The van der Waals surface area contributed by atoms with Crippen LogP contribution in [-0.2, 0) is 6.42 Å². The summed E-state index contributed by atoms with van der Waals surface area (Å²) < 4.78 is 1.38. The number of aromatic nitrogens is 1. The van der Waals surface area contributed by atoms with Gasteiger partial charge in [-0.15, -0.1) is 11.3 Å². The molecule has 1 aliphatic rings. The van der Waals surface area contributed by atoms with Crippen LogP contribution in [0.25, 0.3) is 10.2 Å². The first-order chi connectivity index (χ1) is 8.72. The van der Waals surface area contributed by atoms with Crippen LogP contribution in [0.1, 0.15) is 29.0 Å². The van der Waals surface area contributed by atoms with Gasteiger partial charge in [-0.2, -0.15) is 0 Å². The Kier molecular flexibility index (Phi) is 3.35. The third-order valence-electron chi connectivity index (χ3n) is 3.79. The van der Waals surface area contributed by atoms with Crippen molar-refractivity contribution in [3.8, 4) is 0 Å². The summed E-state index contributed by atoms with van der Waals surface area (Å²) in [6.45, 7) is 6.70. The predicted octanol–water partition coefficient (Wildman–Crippen LogP) is 3.46. The van der Waals surface area contributed by atoms with Gasteiger partial charge in [-0.25, -0.2) is 4.98 Å². The maximum atomic E-state index is 4.83. The average Bonchev–Trinajstić information content (AvgIpc) is 2.73. The fraction of sp³-hybridized carbons (Fsp3) is 0.533. The molecule has 2 nitrogen and oxygen atoms in total. The fourth-order valence-corrected chi connectivity index (χ4v) is 3.97. The predicted molar refractivity (Wildman–Crippen MR) is 78.4 cm³/mol. The number of nitrogens with one attached hydrogen (secondary N) is 1. The lowest BCUT2D eigenvalue weighted by Gasteiger charge is -2.21. The van der Waals surface area contributed by atoms with Gasteiger partial charge >= 0.3 is 0 Å². The van der Waals surface area contributed by atoms with Crippen LogP contribution in [0, 0.1) is 19.8 Å². The Morgan fingerprint density at radius 1 is 1.28 bits per heavy atom. The lowest BCUT2D eigenvalue weighted by molar-refractivity contribution is 0.372. The molecule has 0 radical (unpaired) electrons. The van der Waals surface area contributed by atoms with E-state index in [1.54, 1.807) is 0 Å². The Balaban J connectivity index is 1.86. The summed E-state index contributed by atoms with van der Waals surface area (Å²) in [7, 11) is 0. The van der Waals surface area contributed by atoms with Crippen molar-refractivity contribution >= 4 is 21.6 Å². The molecule has 2 heterocycles. The minimum Gasteiger partial charge on any atom is -0.317 e. The summed E-state index contributed by atoms with van der Waals surface area (Å²) >= 11 is 1.89. The number of nitrogens with zero attached hydrogens (tertiary/aromatic N) is 1. The van der Waals surface area contributed by atoms with E-state index in [-0.39, 0.29) is 0 Å². The molecule has 0 unspecified atom stereocenters. The highest BCUT2D eigenvalue weighted by Gasteiger charge is 2.16. The lowest BCUT2D eigenvalue weighted by atomic mass is 9.95. The molecule has 0 amide bonds. The molecule has 0 bridgehead atoms. The minimum absolute atomic E-state index is 0.827. The van der Waals surface area contributed by atoms with Crippen LogP contribution in [0.4, 0.5) is 0 Å². The van der Waals surface area contributed by atoms with E-state index < -0.39 is 0 Å². The Labute approximate surface area is 112 Å². The molecular weight excluding hydrogens is 240 g/mol. The Hall–Kier alpha value is -0.930. The van der Waals surface area contributed by atoms with Gasteiger partial charge < -0.3 is 5.32 Å². The molecule has 96 valence electrons. The monoisotopic (exact) mass is 260 g/mol. The zero-order chi connectivity index (χ0) is 12.5. The first-order valence-electron chi connectivity index (χ1n) is 6.80. The first kappa shape index (κ1) is 12.1. The van der Waals surface area contributed by atoms with E-state index in [0.29, 0.717) is 0 Å². The van der Waals surface area contributed by atoms with Gasteiger partial charge in [0.05, 0.1) is 15.2 Å². The number of rotatable bonds is 2. The molecule has 1 aliphatic heterocycles. The van der Waals surface area contributed by atoms with Gasteiger partial charge in [-0.05, 0) is 62.9 Å². The van der Waals surface area contributed by atoms with Crippen LogP contribution in [0.3, 0.4) is 0 Å². The topological polar surface area (TPSA) is 24.9 Å². The van der Waals surface area contributed by atoms with E-state index >= 15 is 0 Å². The Bertz CT molecular complexity index is 553. The van der Waals surface area contributed by atoms with E-state index in [0.717, 1.165) is 5.92 Å².